The Morgan fingerprint density at radius 2 is 2.35 bits per heavy atom. The number of carbonyl (C=O) groups is 1. The molecule has 1 unspecified atom stereocenters. The lowest BCUT2D eigenvalue weighted by molar-refractivity contribution is -0.383. The smallest absolute Gasteiger partial charge is 0.304 e. The minimum Gasteiger partial charge on any atom is -0.355 e. The molecule has 0 radical (unpaired) electrons. The maximum Gasteiger partial charge on any atom is 0.304 e. The lowest BCUT2D eigenvalue weighted by Crippen LogP contribution is -2.25. The second-order valence-electron chi connectivity index (χ2n) is 4.30. The van der Waals surface area contributed by atoms with Crippen molar-refractivity contribution in [2.45, 2.75) is 32.7 Å². The van der Waals surface area contributed by atoms with Crippen molar-refractivity contribution in [3.8, 4) is 0 Å². The van der Waals surface area contributed by atoms with Crippen LogP contribution in [0.3, 0.4) is 0 Å². The minimum absolute atomic E-state index is 0.0638. The molecule has 6 heteroatoms. The molecule has 1 aromatic rings. The number of hydrogen-bond acceptors (Lipinski definition) is 5. The van der Waals surface area contributed by atoms with Crippen molar-refractivity contribution in [2.24, 2.45) is 0 Å². The zero-order chi connectivity index (χ0) is 12.6. The van der Waals surface area contributed by atoms with Crippen molar-refractivity contribution in [3.05, 3.63) is 21.1 Å². The van der Waals surface area contributed by atoms with Gasteiger partial charge in [0.1, 0.15) is 0 Å². The third-order valence-corrected chi connectivity index (χ3v) is 4.31. The number of anilines is 1. The molecule has 0 saturated carbocycles. The van der Waals surface area contributed by atoms with Crippen molar-refractivity contribution in [3.63, 3.8) is 0 Å². The number of carbonyl (C=O) groups excluding carboxylic acids is 1. The fraction of sp³-hybridized carbons (Fsp3) is 0.545. The van der Waals surface area contributed by atoms with E-state index in [0.29, 0.717) is 15.9 Å². The highest BCUT2D eigenvalue weighted by atomic mass is 32.1. The van der Waals surface area contributed by atoms with Gasteiger partial charge in [0.05, 0.1) is 9.80 Å². The Hall–Kier alpha value is -1.43. The van der Waals surface area contributed by atoms with Gasteiger partial charge in [-0.15, -0.1) is 11.3 Å². The molecule has 1 aliphatic heterocycles. The molecule has 0 N–H and O–H groups in total. The van der Waals surface area contributed by atoms with Crippen LogP contribution in [-0.4, -0.2) is 23.3 Å². The molecule has 5 nitrogen and oxygen atoms in total. The van der Waals surface area contributed by atoms with Gasteiger partial charge in [-0.25, -0.2) is 0 Å². The molecule has 2 heterocycles. The zero-order valence-electron chi connectivity index (χ0n) is 9.80. The van der Waals surface area contributed by atoms with E-state index in [0.717, 1.165) is 19.4 Å². The van der Waals surface area contributed by atoms with Crippen LogP contribution in [0.5, 0.6) is 0 Å². The summed E-state index contributed by atoms with van der Waals surface area (Å²) in [5.74, 6) is -0.115. The lowest BCUT2D eigenvalue weighted by atomic mass is 10.2. The number of ketones is 1. The monoisotopic (exact) mass is 254 g/mol. The third-order valence-electron chi connectivity index (χ3n) is 3.05. The van der Waals surface area contributed by atoms with Gasteiger partial charge in [-0.3, -0.25) is 14.9 Å². The first kappa shape index (κ1) is 12.0. The van der Waals surface area contributed by atoms with Crippen LogP contribution < -0.4 is 4.90 Å². The normalized spacial score (nSPS) is 19.6. The quantitative estimate of drug-likeness (QED) is 0.472. The first-order chi connectivity index (χ1) is 8.00. The number of hydrogen-bond donors (Lipinski definition) is 0. The Morgan fingerprint density at radius 1 is 1.65 bits per heavy atom. The molecule has 2 rings (SSSR count). The van der Waals surface area contributed by atoms with Crippen molar-refractivity contribution in [1.82, 2.24) is 0 Å². The summed E-state index contributed by atoms with van der Waals surface area (Å²) in [7, 11) is 0. The highest BCUT2D eigenvalue weighted by Crippen LogP contribution is 2.40. The summed E-state index contributed by atoms with van der Waals surface area (Å²) in [5, 5.41) is 11.6. The predicted octanol–water partition coefficient (Wildman–Crippen LogP) is 2.85. The average Bonchev–Trinajstić information content (AvgIpc) is 2.82. The van der Waals surface area contributed by atoms with Gasteiger partial charge in [0.25, 0.3) is 0 Å². The van der Waals surface area contributed by atoms with Crippen LogP contribution in [0.25, 0.3) is 0 Å². The lowest BCUT2D eigenvalue weighted by Gasteiger charge is -2.20. The van der Waals surface area contributed by atoms with Crippen LogP contribution in [0, 0.1) is 10.1 Å². The fourth-order valence-corrected chi connectivity index (χ4v) is 3.27. The molecule has 1 atom stereocenters. The highest BCUT2D eigenvalue weighted by molar-refractivity contribution is 7.18. The Kier molecular flexibility index (Phi) is 3.15. The summed E-state index contributed by atoms with van der Waals surface area (Å²) in [5.41, 5.74) is 0.0638. The average molecular weight is 254 g/mol. The topological polar surface area (TPSA) is 63.4 Å². The molecule has 0 aromatic carbocycles. The SMILES string of the molecule is CC(=O)c1cc([N+](=O)[O-])c(N2CCCC2C)s1. The molecule has 0 amide bonds. The fourth-order valence-electron chi connectivity index (χ4n) is 2.12. The van der Waals surface area contributed by atoms with E-state index in [9.17, 15) is 14.9 Å². The van der Waals surface area contributed by atoms with Crippen LogP contribution >= 0.6 is 11.3 Å². The molecule has 0 aliphatic carbocycles. The van der Waals surface area contributed by atoms with E-state index >= 15 is 0 Å². The molecule has 0 bridgehead atoms. The van der Waals surface area contributed by atoms with Crippen molar-refractivity contribution >= 4 is 27.8 Å². The van der Waals surface area contributed by atoms with Crippen LogP contribution in [-0.2, 0) is 0 Å². The number of nitro groups is 1. The first-order valence-electron chi connectivity index (χ1n) is 5.56. The van der Waals surface area contributed by atoms with Crippen molar-refractivity contribution < 1.29 is 9.72 Å². The zero-order valence-corrected chi connectivity index (χ0v) is 10.6. The molecule has 1 fully saturated rings. The number of thiophene rings is 1. The van der Waals surface area contributed by atoms with Crippen LogP contribution in [0.15, 0.2) is 6.07 Å². The molecular formula is C11H14N2O3S. The Morgan fingerprint density at radius 3 is 2.82 bits per heavy atom. The van der Waals surface area contributed by atoms with Gasteiger partial charge in [0, 0.05) is 18.7 Å². The van der Waals surface area contributed by atoms with E-state index in [2.05, 4.69) is 6.92 Å². The summed E-state index contributed by atoms with van der Waals surface area (Å²) in [4.78, 5) is 24.4. The molecule has 92 valence electrons. The molecule has 1 aliphatic rings. The number of rotatable bonds is 3. The molecule has 17 heavy (non-hydrogen) atoms. The second kappa shape index (κ2) is 4.44. The summed E-state index contributed by atoms with van der Waals surface area (Å²) in [6.07, 6.45) is 2.09. The third kappa shape index (κ3) is 2.17. The van der Waals surface area contributed by atoms with Gasteiger partial charge in [-0.1, -0.05) is 0 Å². The minimum atomic E-state index is -0.399. The van der Waals surface area contributed by atoms with Crippen molar-refractivity contribution in [1.29, 1.82) is 0 Å². The van der Waals surface area contributed by atoms with Crippen molar-refractivity contribution in [2.75, 3.05) is 11.4 Å². The molecule has 1 aromatic heterocycles. The Bertz CT molecular complexity index is 469. The Balaban J connectivity index is 2.44. The van der Waals surface area contributed by atoms with E-state index in [1.165, 1.54) is 24.3 Å². The maximum absolute atomic E-state index is 11.3. The maximum atomic E-state index is 11.3. The van der Waals surface area contributed by atoms with E-state index in [4.69, 9.17) is 0 Å². The Labute approximate surface area is 103 Å². The summed E-state index contributed by atoms with van der Waals surface area (Å²) in [6.45, 7) is 4.33. The van der Waals surface area contributed by atoms with Crippen LogP contribution in [0.1, 0.15) is 36.4 Å². The molecular weight excluding hydrogens is 240 g/mol. The molecule has 1 saturated heterocycles. The number of Topliss-reactive ketones (excluding diaryl/α,β-unsaturated/α-hetero) is 1. The van der Waals surface area contributed by atoms with E-state index < -0.39 is 4.92 Å². The number of nitrogens with zero attached hydrogens (tertiary/aromatic N) is 2. The van der Waals surface area contributed by atoms with Crippen LogP contribution in [0.2, 0.25) is 0 Å². The van der Waals surface area contributed by atoms with E-state index in [1.54, 1.807) is 0 Å². The van der Waals surface area contributed by atoms with E-state index in [-0.39, 0.29) is 11.5 Å². The summed E-state index contributed by atoms with van der Waals surface area (Å²) >= 11 is 1.23. The van der Waals surface area contributed by atoms with Gasteiger partial charge in [0.2, 0.25) is 0 Å². The van der Waals surface area contributed by atoms with Gasteiger partial charge in [-0.05, 0) is 26.7 Å². The van der Waals surface area contributed by atoms with Crippen LogP contribution in [0.4, 0.5) is 10.7 Å². The second-order valence-corrected chi connectivity index (χ2v) is 5.33. The largest absolute Gasteiger partial charge is 0.355 e. The van der Waals surface area contributed by atoms with Gasteiger partial charge >= 0.3 is 5.69 Å². The van der Waals surface area contributed by atoms with Gasteiger partial charge in [-0.2, -0.15) is 0 Å². The standard InChI is InChI=1S/C11H14N2O3S/c1-7-4-3-5-12(7)11-9(13(15)16)6-10(17-11)8(2)14/h6-7H,3-5H2,1-2H3. The van der Waals surface area contributed by atoms with Gasteiger partial charge < -0.3 is 4.90 Å². The summed E-state index contributed by atoms with van der Waals surface area (Å²) < 4.78 is 0. The summed E-state index contributed by atoms with van der Waals surface area (Å²) in [6, 6.07) is 1.71. The molecule has 0 spiro atoms. The predicted molar refractivity (Wildman–Crippen MR) is 67.0 cm³/mol. The first-order valence-corrected chi connectivity index (χ1v) is 6.38. The highest BCUT2D eigenvalue weighted by Gasteiger charge is 2.30. The van der Waals surface area contributed by atoms with E-state index in [1.807, 2.05) is 4.90 Å². The van der Waals surface area contributed by atoms with Gasteiger partial charge in [0.15, 0.2) is 10.8 Å².